The molecule has 1 amide bonds. The molecule has 6 heteroatoms. The predicted octanol–water partition coefficient (Wildman–Crippen LogP) is 1.40. The fourth-order valence-corrected chi connectivity index (χ4v) is 2.91. The summed E-state index contributed by atoms with van der Waals surface area (Å²) in [4.78, 5) is 15.0. The Hall–Kier alpha value is -1.01. The molecular weight excluding hydrogens is 248 g/mol. The van der Waals surface area contributed by atoms with Crippen LogP contribution in [0.4, 0.5) is 0 Å². The van der Waals surface area contributed by atoms with Crippen molar-refractivity contribution in [3.8, 4) is 0 Å². The summed E-state index contributed by atoms with van der Waals surface area (Å²) < 4.78 is 3.94. The average Bonchev–Trinajstić information content (AvgIpc) is 2.77. The van der Waals surface area contributed by atoms with E-state index >= 15 is 0 Å². The number of nitrogens with zero attached hydrogens (tertiary/aromatic N) is 3. The number of amides is 1. The zero-order chi connectivity index (χ0) is 13.3. The first kappa shape index (κ1) is 13.4. The van der Waals surface area contributed by atoms with E-state index in [1.807, 2.05) is 25.7 Å². The summed E-state index contributed by atoms with van der Waals surface area (Å²) in [6, 6.07) is 0.232. The van der Waals surface area contributed by atoms with Gasteiger partial charge in [-0.1, -0.05) is 25.3 Å². The highest BCUT2D eigenvalue weighted by Gasteiger charge is 2.30. The van der Waals surface area contributed by atoms with Crippen molar-refractivity contribution in [1.29, 1.82) is 0 Å². The summed E-state index contributed by atoms with van der Waals surface area (Å²) in [6.07, 6.45) is 1.76. The summed E-state index contributed by atoms with van der Waals surface area (Å²) in [5.74, 6) is 0.0572. The smallest absolute Gasteiger partial charge is 0.267 e. The third-order valence-electron chi connectivity index (χ3n) is 3.22. The van der Waals surface area contributed by atoms with Crippen molar-refractivity contribution in [2.45, 2.75) is 45.1 Å². The van der Waals surface area contributed by atoms with Gasteiger partial charge in [0.05, 0.1) is 5.69 Å². The van der Waals surface area contributed by atoms with Crippen LogP contribution in [-0.2, 0) is 5.41 Å². The van der Waals surface area contributed by atoms with Crippen LogP contribution in [0, 0.1) is 0 Å². The van der Waals surface area contributed by atoms with Crippen molar-refractivity contribution >= 4 is 17.4 Å². The Morgan fingerprint density at radius 2 is 2.00 bits per heavy atom. The quantitative estimate of drug-likeness (QED) is 0.835. The Labute approximate surface area is 112 Å². The van der Waals surface area contributed by atoms with Gasteiger partial charge in [-0.3, -0.25) is 4.79 Å². The molecule has 1 aliphatic rings. The molecular formula is C12H20N4OS. The van der Waals surface area contributed by atoms with E-state index in [1.54, 1.807) is 0 Å². The van der Waals surface area contributed by atoms with Crippen LogP contribution in [-0.4, -0.2) is 39.5 Å². The molecule has 5 nitrogen and oxygen atoms in total. The Morgan fingerprint density at radius 3 is 2.56 bits per heavy atom. The van der Waals surface area contributed by atoms with E-state index in [-0.39, 0.29) is 17.4 Å². The van der Waals surface area contributed by atoms with Gasteiger partial charge in [-0.25, -0.2) is 0 Å². The lowest BCUT2D eigenvalue weighted by Crippen LogP contribution is -2.43. The van der Waals surface area contributed by atoms with E-state index in [2.05, 4.69) is 9.59 Å². The molecule has 1 aromatic heterocycles. The summed E-state index contributed by atoms with van der Waals surface area (Å²) in [5, 5.41) is 4.11. The van der Waals surface area contributed by atoms with Crippen molar-refractivity contribution in [2.24, 2.45) is 5.73 Å². The number of aromatic nitrogens is 2. The Bertz CT molecular complexity index is 430. The summed E-state index contributed by atoms with van der Waals surface area (Å²) in [7, 11) is 0. The van der Waals surface area contributed by atoms with Crippen LogP contribution in [0.2, 0.25) is 0 Å². The molecule has 0 bridgehead atoms. The highest BCUT2D eigenvalue weighted by atomic mass is 32.1. The molecule has 0 spiro atoms. The Balaban J connectivity index is 2.17. The van der Waals surface area contributed by atoms with E-state index in [4.69, 9.17) is 5.73 Å². The van der Waals surface area contributed by atoms with Crippen LogP contribution in [0.3, 0.4) is 0 Å². The average molecular weight is 268 g/mol. The molecule has 2 N–H and O–H groups in total. The Morgan fingerprint density at radius 1 is 1.39 bits per heavy atom. The number of carbonyl (C=O) groups excluding carboxylic acids is 1. The van der Waals surface area contributed by atoms with Gasteiger partial charge in [0.2, 0.25) is 0 Å². The monoisotopic (exact) mass is 268 g/mol. The first-order valence-corrected chi connectivity index (χ1v) is 7.04. The molecule has 0 unspecified atom stereocenters. The molecule has 1 aromatic rings. The minimum atomic E-state index is -0.149. The molecule has 1 aliphatic heterocycles. The van der Waals surface area contributed by atoms with Gasteiger partial charge in [-0.15, -0.1) is 5.10 Å². The van der Waals surface area contributed by atoms with E-state index in [0.717, 1.165) is 31.6 Å². The van der Waals surface area contributed by atoms with Crippen molar-refractivity contribution in [3.63, 3.8) is 0 Å². The van der Waals surface area contributed by atoms with Crippen LogP contribution in [0.15, 0.2) is 0 Å². The van der Waals surface area contributed by atoms with Gasteiger partial charge in [-0.05, 0) is 24.4 Å². The minimum absolute atomic E-state index is 0.0572. The maximum Gasteiger partial charge on any atom is 0.267 e. The maximum atomic E-state index is 12.5. The van der Waals surface area contributed by atoms with E-state index in [9.17, 15) is 4.79 Å². The number of piperidine rings is 1. The minimum Gasteiger partial charge on any atom is -0.338 e. The molecule has 2 rings (SSSR count). The summed E-state index contributed by atoms with van der Waals surface area (Å²) in [5.41, 5.74) is 6.50. The molecule has 0 aromatic carbocycles. The number of likely N-dealkylation sites (tertiary alicyclic amines) is 1. The highest BCUT2D eigenvalue weighted by molar-refractivity contribution is 7.08. The molecule has 1 saturated heterocycles. The first-order chi connectivity index (χ1) is 8.39. The molecule has 0 aliphatic carbocycles. The summed E-state index contributed by atoms with van der Waals surface area (Å²) in [6.45, 7) is 7.62. The molecule has 0 saturated carbocycles. The second kappa shape index (κ2) is 4.93. The van der Waals surface area contributed by atoms with Crippen LogP contribution < -0.4 is 5.73 Å². The number of hydrogen-bond donors (Lipinski definition) is 1. The second-order valence-corrected chi connectivity index (χ2v) is 6.58. The normalized spacial score (nSPS) is 18.1. The summed E-state index contributed by atoms with van der Waals surface area (Å²) >= 11 is 1.20. The highest BCUT2D eigenvalue weighted by Crippen LogP contribution is 2.27. The first-order valence-electron chi connectivity index (χ1n) is 6.27. The van der Waals surface area contributed by atoms with Gasteiger partial charge >= 0.3 is 0 Å². The van der Waals surface area contributed by atoms with E-state index < -0.39 is 0 Å². The van der Waals surface area contributed by atoms with Crippen molar-refractivity contribution in [2.75, 3.05) is 13.1 Å². The lowest BCUT2D eigenvalue weighted by molar-refractivity contribution is 0.0717. The molecule has 1 fully saturated rings. The number of nitrogens with two attached hydrogens (primary N) is 1. The lowest BCUT2D eigenvalue weighted by atomic mass is 9.91. The van der Waals surface area contributed by atoms with Gasteiger partial charge in [-0.2, -0.15) is 0 Å². The molecule has 0 radical (unpaired) electrons. The molecule has 2 heterocycles. The van der Waals surface area contributed by atoms with Crippen LogP contribution in [0.5, 0.6) is 0 Å². The largest absolute Gasteiger partial charge is 0.338 e. The molecule has 0 atom stereocenters. The van der Waals surface area contributed by atoms with Crippen LogP contribution in [0.25, 0.3) is 0 Å². The maximum absolute atomic E-state index is 12.5. The number of hydrogen-bond acceptors (Lipinski definition) is 5. The standard InChI is InChI=1S/C12H20N4OS/c1-12(2,3)10-9(18-15-14-10)11(17)16-6-4-8(13)5-7-16/h8H,4-7,13H2,1-3H3. The van der Waals surface area contributed by atoms with Crippen molar-refractivity contribution in [3.05, 3.63) is 10.6 Å². The van der Waals surface area contributed by atoms with Gasteiger partial charge in [0.25, 0.3) is 5.91 Å². The lowest BCUT2D eigenvalue weighted by Gasteiger charge is -2.30. The number of rotatable bonds is 1. The van der Waals surface area contributed by atoms with Crippen LogP contribution >= 0.6 is 11.5 Å². The second-order valence-electron chi connectivity index (χ2n) is 5.83. The van der Waals surface area contributed by atoms with Crippen molar-refractivity contribution < 1.29 is 4.79 Å². The van der Waals surface area contributed by atoms with Gasteiger partial charge in [0.15, 0.2) is 0 Å². The Kier molecular flexibility index (Phi) is 3.68. The van der Waals surface area contributed by atoms with Crippen LogP contribution in [0.1, 0.15) is 49.0 Å². The predicted molar refractivity (Wildman–Crippen MR) is 71.7 cm³/mol. The SMILES string of the molecule is CC(C)(C)c1nnsc1C(=O)N1CCC(N)CC1. The van der Waals surface area contributed by atoms with Crippen molar-refractivity contribution in [1.82, 2.24) is 14.5 Å². The zero-order valence-corrected chi connectivity index (χ0v) is 12.0. The molecule has 18 heavy (non-hydrogen) atoms. The third-order valence-corrected chi connectivity index (χ3v) is 3.93. The van der Waals surface area contributed by atoms with E-state index in [0.29, 0.717) is 4.88 Å². The fourth-order valence-electron chi connectivity index (χ4n) is 2.07. The van der Waals surface area contributed by atoms with Gasteiger partial charge in [0.1, 0.15) is 4.88 Å². The zero-order valence-electron chi connectivity index (χ0n) is 11.1. The fraction of sp³-hybridized carbons (Fsp3) is 0.750. The van der Waals surface area contributed by atoms with E-state index in [1.165, 1.54) is 11.5 Å². The van der Waals surface area contributed by atoms with Gasteiger partial charge in [0, 0.05) is 24.5 Å². The third kappa shape index (κ3) is 2.70. The molecule has 100 valence electrons. The number of carbonyl (C=O) groups is 1. The van der Waals surface area contributed by atoms with Gasteiger partial charge < -0.3 is 10.6 Å². The topological polar surface area (TPSA) is 72.1 Å².